The highest BCUT2D eigenvalue weighted by molar-refractivity contribution is 5.82. The van der Waals surface area contributed by atoms with E-state index in [1.807, 2.05) is 37.3 Å². The molecule has 2 N–H and O–H groups in total. The third-order valence-electron chi connectivity index (χ3n) is 4.63. The molecule has 5 rings (SSSR count). The highest BCUT2D eigenvalue weighted by Crippen LogP contribution is 2.23. The van der Waals surface area contributed by atoms with Crippen LogP contribution < -0.4 is 10.9 Å². The Balaban J connectivity index is 1.69. The van der Waals surface area contributed by atoms with E-state index < -0.39 is 0 Å². The molecule has 5 aromatic rings. The van der Waals surface area contributed by atoms with Crippen molar-refractivity contribution in [3.05, 3.63) is 77.5 Å². The maximum atomic E-state index is 13.3. The number of nitrogens with zero attached hydrogens (tertiary/aromatic N) is 6. The molecule has 1 atom stereocenters. The van der Waals surface area contributed by atoms with Crippen LogP contribution in [-0.4, -0.2) is 34.5 Å². The van der Waals surface area contributed by atoms with Gasteiger partial charge in [0, 0.05) is 6.20 Å². The van der Waals surface area contributed by atoms with E-state index in [2.05, 4.69) is 30.2 Å². The zero-order valence-corrected chi connectivity index (χ0v) is 15.4. The van der Waals surface area contributed by atoms with Crippen molar-refractivity contribution in [1.82, 2.24) is 34.5 Å². The zero-order valence-electron chi connectivity index (χ0n) is 15.4. The van der Waals surface area contributed by atoms with Gasteiger partial charge in [0.1, 0.15) is 17.7 Å². The molecule has 4 aromatic heterocycles. The minimum Gasteiger partial charge on any atom is -0.358 e. The lowest BCUT2D eigenvalue weighted by atomic mass is 10.2. The van der Waals surface area contributed by atoms with Crippen LogP contribution in [0.2, 0.25) is 0 Å². The molecule has 0 amide bonds. The summed E-state index contributed by atoms with van der Waals surface area (Å²) < 4.78 is 1.58. The van der Waals surface area contributed by atoms with Crippen LogP contribution in [0.1, 0.15) is 18.8 Å². The molecule has 0 saturated heterocycles. The summed E-state index contributed by atoms with van der Waals surface area (Å²) in [6.07, 6.45) is 4.60. The average Bonchev–Trinajstić information content (AvgIpc) is 3.24. The molecule has 0 aliphatic heterocycles. The molecule has 0 spiro atoms. The molecule has 0 saturated carbocycles. The number of hydrogen-bond donors (Lipinski definition) is 2. The number of pyridine rings is 1. The third-order valence-corrected chi connectivity index (χ3v) is 4.63. The molecule has 1 unspecified atom stereocenters. The number of aromatic amines is 1. The van der Waals surface area contributed by atoms with E-state index in [0.717, 1.165) is 5.69 Å². The van der Waals surface area contributed by atoms with Crippen LogP contribution in [-0.2, 0) is 0 Å². The van der Waals surface area contributed by atoms with Crippen molar-refractivity contribution in [3.8, 4) is 5.69 Å². The topological polar surface area (TPSA) is 114 Å². The molecule has 29 heavy (non-hydrogen) atoms. The summed E-state index contributed by atoms with van der Waals surface area (Å²) in [5, 5.41) is 3.32. The van der Waals surface area contributed by atoms with Gasteiger partial charge >= 0.3 is 0 Å². The van der Waals surface area contributed by atoms with E-state index in [1.165, 1.54) is 6.33 Å². The minimum atomic E-state index is -0.339. The first-order valence-corrected chi connectivity index (χ1v) is 9.06. The predicted molar refractivity (Wildman–Crippen MR) is 109 cm³/mol. The molecule has 0 bridgehead atoms. The van der Waals surface area contributed by atoms with Crippen LogP contribution in [0.5, 0.6) is 0 Å². The van der Waals surface area contributed by atoms with Gasteiger partial charge in [-0.2, -0.15) is 0 Å². The first-order chi connectivity index (χ1) is 14.2. The van der Waals surface area contributed by atoms with E-state index in [1.54, 1.807) is 29.2 Å². The van der Waals surface area contributed by atoms with Gasteiger partial charge in [-0.3, -0.25) is 9.36 Å². The Bertz CT molecular complexity index is 1380. The molecule has 0 fully saturated rings. The predicted octanol–water partition coefficient (Wildman–Crippen LogP) is 2.62. The number of fused-ring (bicyclic) bond motifs is 2. The molecule has 0 aliphatic rings. The average molecular weight is 384 g/mol. The van der Waals surface area contributed by atoms with E-state index in [4.69, 9.17) is 4.98 Å². The van der Waals surface area contributed by atoms with Crippen LogP contribution in [0, 0.1) is 0 Å². The number of nitrogens with one attached hydrogen (secondary N) is 2. The first kappa shape index (κ1) is 17.0. The quantitative estimate of drug-likeness (QED) is 0.489. The molecule has 0 radical (unpaired) electrons. The van der Waals surface area contributed by atoms with Crippen LogP contribution in [0.4, 0.5) is 5.82 Å². The molecule has 142 valence electrons. The Morgan fingerprint density at radius 3 is 2.76 bits per heavy atom. The van der Waals surface area contributed by atoms with Crippen molar-refractivity contribution >= 4 is 28.0 Å². The van der Waals surface area contributed by atoms with E-state index in [9.17, 15) is 4.79 Å². The zero-order chi connectivity index (χ0) is 19.8. The smallest absolute Gasteiger partial charge is 0.284 e. The summed E-state index contributed by atoms with van der Waals surface area (Å²) in [4.78, 5) is 37.9. The summed E-state index contributed by atoms with van der Waals surface area (Å²) in [6.45, 7) is 1.92. The highest BCUT2D eigenvalue weighted by Gasteiger charge is 2.20. The fraction of sp³-hybridized carbons (Fsp3) is 0.100. The van der Waals surface area contributed by atoms with Crippen molar-refractivity contribution in [2.45, 2.75) is 13.0 Å². The Labute approximate surface area is 164 Å². The SMILES string of the molecule is CC(Nc1ncnc2nc[nH]c12)c1nc2cccnc2c(=O)n1-c1ccccc1. The van der Waals surface area contributed by atoms with E-state index in [0.29, 0.717) is 33.8 Å². The molecule has 1 aromatic carbocycles. The molecule has 9 heteroatoms. The van der Waals surface area contributed by atoms with Gasteiger partial charge in [-0.05, 0) is 31.2 Å². The van der Waals surface area contributed by atoms with E-state index >= 15 is 0 Å². The number of hydrogen-bond acceptors (Lipinski definition) is 7. The fourth-order valence-electron chi connectivity index (χ4n) is 3.30. The lowest BCUT2D eigenvalue weighted by molar-refractivity contribution is 0.730. The van der Waals surface area contributed by atoms with Crippen molar-refractivity contribution < 1.29 is 0 Å². The van der Waals surface area contributed by atoms with Crippen molar-refractivity contribution in [2.75, 3.05) is 5.32 Å². The number of benzene rings is 1. The van der Waals surface area contributed by atoms with Crippen molar-refractivity contribution in [1.29, 1.82) is 0 Å². The van der Waals surface area contributed by atoms with Gasteiger partial charge in [0.25, 0.3) is 5.56 Å². The van der Waals surface area contributed by atoms with Gasteiger partial charge in [0.15, 0.2) is 17.0 Å². The second kappa shape index (κ2) is 6.79. The van der Waals surface area contributed by atoms with Gasteiger partial charge in [-0.25, -0.2) is 24.9 Å². The van der Waals surface area contributed by atoms with Crippen LogP contribution in [0.3, 0.4) is 0 Å². The maximum Gasteiger partial charge on any atom is 0.284 e. The summed E-state index contributed by atoms with van der Waals surface area (Å²) in [7, 11) is 0. The Kier molecular flexibility index (Phi) is 3.98. The van der Waals surface area contributed by atoms with Crippen LogP contribution in [0.25, 0.3) is 27.9 Å². The number of aromatic nitrogens is 7. The number of anilines is 1. The Morgan fingerprint density at radius 1 is 1.03 bits per heavy atom. The van der Waals surface area contributed by atoms with Crippen LogP contribution >= 0.6 is 0 Å². The monoisotopic (exact) mass is 384 g/mol. The summed E-state index contributed by atoms with van der Waals surface area (Å²) >= 11 is 0. The second-order valence-electron chi connectivity index (χ2n) is 6.51. The first-order valence-electron chi connectivity index (χ1n) is 9.06. The van der Waals surface area contributed by atoms with Gasteiger partial charge in [0.2, 0.25) is 0 Å². The molecule has 9 nitrogen and oxygen atoms in total. The summed E-state index contributed by atoms with van der Waals surface area (Å²) in [6, 6.07) is 12.6. The Morgan fingerprint density at radius 2 is 1.90 bits per heavy atom. The van der Waals surface area contributed by atoms with Gasteiger partial charge in [0.05, 0.1) is 23.6 Å². The minimum absolute atomic E-state index is 0.222. The van der Waals surface area contributed by atoms with Crippen LogP contribution in [0.15, 0.2) is 66.1 Å². The lowest BCUT2D eigenvalue weighted by Gasteiger charge is -2.19. The van der Waals surface area contributed by atoms with Crippen molar-refractivity contribution in [2.24, 2.45) is 0 Å². The van der Waals surface area contributed by atoms with Gasteiger partial charge in [-0.15, -0.1) is 0 Å². The third kappa shape index (κ3) is 2.89. The number of H-pyrrole nitrogens is 1. The fourth-order valence-corrected chi connectivity index (χ4v) is 3.30. The Hall–Kier alpha value is -4.14. The highest BCUT2D eigenvalue weighted by atomic mass is 16.1. The lowest BCUT2D eigenvalue weighted by Crippen LogP contribution is -2.28. The number of rotatable bonds is 4. The number of imidazole rings is 1. The summed E-state index contributed by atoms with van der Waals surface area (Å²) in [5.41, 5.74) is 2.62. The molecular formula is C20H16N8O. The molecular weight excluding hydrogens is 368 g/mol. The second-order valence-corrected chi connectivity index (χ2v) is 6.51. The van der Waals surface area contributed by atoms with Crippen molar-refractivity contribution in [3.63, 3.8) is 0 Å². The molecule has 4 heterocycles. The molecule has 0 aliphatic carbocycles. The summed E-state index contributed by atoms with van der Waals surface area (Å²) in [5.74, 6) is 1.13. The maximum absolute atomic E-state index is 13.3. The van der Waals surface area contributed by atoms with E-state index in [-0.39, 0.29) is 11.6 Å². The largest absolute Gasteiger partial charge is 0.358 e. The number of para-hydroxylation sites is 1. The standard InChI is InChI=1S/C20H16N8O/c1-12(26-18-16-17(23-10-22-16)24-11-25-18)19-27-14-8-5-9-21-15(14)20(29)28(19)13-6-3-2-4-7-13/h2-12H,1H3,(H2,22,23,24,25,26). The van der Waals surface area contributed by atoms with Gasteiger partial charge in [-0.1, -0.05) is 18.2 Å². The normalized spacial score (nSPS) is 12.3. The van der Waals surface area contributed by atoms with Gasteiger partial charge < -0.3 is 10.3 Å².